The van der Waals surface area contributed by atoms with E-state index in [1.807, 2.05) is 6.92 Å². The van der Waals surface area contributed by atoms with Gasteiger partial charge in [0.1, 0.15) is 5.82 Å². The lowest BCUT2D eigenvalue weighted by atomic mass is 10.1. The molecular weight excluding hydrogens is 337 g/mol. The van der Waals surface area contributed by atoms with Gasteiger partial charge in [-0.3, -0.25) is 0 Å². The lowest BCUT2D eigenvalue weighted by molar-refractivity contribution is 0.0698. The third kappa shape index (κ3) is 4.29. The Labute approximate surface area is 130 Å². The number of carboxylic acids is 1. The molecule has 3 nitrogen and oxygen atoms in total. The second kappa shape index (κ2) is 6.72. The van der Waals surface area contributed by atoms with E-state index in [1.165, 1.54) is 12.1 Å². The van der Waals surface area contributed by atoms with Crippen LogP contribution < -0.4 is 5.32 Å². The Morgan fingerprint density at radius 3 is 2.57 bits per heavy atom. The molecule has 0 aliphatic carbocycles. The molecule has 2 N–H and O–H groups in total. The van der Waals surface area contributed by atoms with Crippen molar-refractivity contribution >= 4 is 27.6 Å². The van der Waals surface area contributed by atoms with E-state index in [1.54, 1.807) is 30.3 Å². The van der Waals surface area contributed by atoms with Crippen LogP contribution in [0.25, 0.3) is 0 Å². The van der Waals surface area contributed by atoms with Crippen molar-refractivity contribution in [2.75, 3.05) is 5.32 Å². The molecule has 2 aromatic rings. The van der Waals surface area contributed by atoms with Crippen molar-refractivity contribution in [1.29, 1.82) is 0 Å². The molecule has 0 fully saturated rings. The molecule has 0 spiro atoms. The van der Waals surface area contributed by atoms with Gasteiger partial charge in [-0.1, -0.05) is 28.1 Å². The Morgan fingerprint density at radius 1 is 1.29 bits per heavy atom. The molecule has 2 aromatic carbocycles. The largest absolute Gasteiger partial charge is 0.478 e. The molecule has 0 saturated heterocycles. The molecule has 1 atom stereocenters. The smallest absolute Gasteiger partial charge is 0.337 e. The Balaban J connectivity index is 2.12. The van der Waals surface area contributed by atoms with Gasteiger partial charge in [0.05, 0.1) is 11.3 Å². The van der Waals surface area contributed by atoms with Crippen LogP contribution in [0.3, 0.4) is 0 Å². The molecule has 0 bridgehead atoms. The number of benzene rings is 2. The molecule has 0 aliphatic heterocycles. The molecule has 5 heteroatoms. The number of carboxylic acid groups (broad SMARTS) is 1. The number of halogens is 2. The quantitative estimate of drug-likeness (QED) is 0.842. The highest BCUT2D eigenvalue weighted by Crippen LogP contribution is 2.23. The number of rotatable bonds is 5. The van der Waals surface area contributed by atoms with Crippen molar-refractivity contribution < 1.29 is 14.3 Å². The highest BCUT2D eigenvalue weighted by Gasteiger charge is 2.12. The van der Waals surface area contributed by atoms with Crippen LogP contribution in [0.1, 0.15) is 22.8 Å². The van der Waals surface area contributed by atoms with Gasteiger partial charge >= 0.3 is 5.97 Å². The third-order valence-corrected chi connectivity index (χ3v) is 3.56. The Morgan fingerprint density at radius 2 is 1.95 bits per heavy atom. The first kappa shape index (κ1) is 15.5. The van der Waals surface area contributed by atoms with Crippen LogP contribution >= 0.6 is 15.9 Å². The zero-order valence-electron chi connectivity index (χ0n) is 11.4. The summed E-state index contributed by atoms with van der Waals surface area (Å²) < 4.78 is 13.7. The van der Waals surface area contributed by atoms with Crippen molar-refractivity contribution in [1.82, 2.24) is 0 Å². The van der Waals surface area contributed by atoms with Gasteiger partial charge < -0.3 is 10.4 Å². The van der Waals surface area contributed by atoms with Crippen LogP contribution in [0.4, 0.5) is 10.1 Å². The van der Waals surface area contributed by atoms with Crippen molar-refractivity contribution in [2.45, 2.75) is 19.4 Å². The van der Waals surface area contributed by atoms with Gasteiger partial charge in [0.15, 0.2) is 0 Å². The highest BCUT2D eigenvalue weighted by atomic mass is 79.9. The SMILES string of the molecule is CC(Cc1ccc(F)cc1)Nc1cc(Br)ccc1C(=O)O. The summed E-state index contributed by atoms with van der Waals surface area (Å²) in [6, 6.07) is 11.3. The first-order valence-electron chi connectivity index (χ1n) is 6.49. The van der Waals surface area contributed by atoms with Crippen molar-refractivity contribution in [3.05, 3.63) is 63.9 Å². The lowest BCUT2D eigenvalue weighted by Crippen LogP contribution is -2.20. The molecule has 0 aliphatic rings. The highest BCUT2D eigenvalue weighted by molar-refractivity contribution is 9.10. The maximum Gasteiger partial charge on any atom is 0.337 e. The minimum absolute atomic E-state index is 0.0165. The van der Waals surface area contributed by atoms with Gasteiger partial charge in [-0.2, -0.15) is 0 Å². The van der Waals surface area contributed by atoms with Gasteiger partial charge in [0, 0.05) is 10.5 Å². The van der Waals surface area contributed by atoms with Crippen molar-refractivity contribution in [3.63, 3.8) is 0 Å². The Kier molecular flexibility index (Phi) is 4.96. The minimum atomic E-state index is -0.973. The van der Waals surface area contributed by atoms with Crippen LogP contribution in [-0.2, 0) is 6.42 Å². The Hall–Kier alpha value is -1.88. The van der Waals surface area contributed by atoms with E-state index in [-0.39, 0.29) is 17.4 Å². The molecule has 1 unspecified atom stereocenters. The van der Waals surface area contributed by atoms with Gasteiger partial charge in [0.2, 0.25) is 0 Å². The van der Waals surface area contributed by atoms with Crippen LogP contribution in [0.15, 0.2) is 46.9 Å². The molecule has 2 rings (SSSR count). The minimum Gasteiger partial charge on any atom is -0.478 e. The van der Waals surface area contributed by atoms with Gasteiger partial charge in [-0.25, -0.2) is 9.18 Å². The third-order valence-electron chi connectivity index (χ3n) is 3.07. The molecule has 110 valence electrons. The molecule has 0 aromatic heterocycles. The summed E-state index contributed by atoms with van der Waals surface area (Å²) >= 11 is 3.34. The summed E-state index contributed by atoms with van der Waals surface area (Å²) in [5, 5.41) is 12.4. The van der Waals surface area contributed by atoms with Crippen LogP contribution in [0.2, 0.25) is 0 Å². The summed E-state index contributed by atoms with van der Waals surface area (Å²) in [6.45, 7) is 1.95. The molecule has 21 heavy (non-hydrogen) atoms. The van der Waals surface area contributed by atoms with Gasteiger partial charge in [0.25, 0.3) is 0 Å². The maximum atomic E-state index is 12.9. The predicted molar refractivity (Wildman–Crippen MR) is 84.3 cm³/mol. The summed E-state index contributed by atoms with van der Waals surface area (Å²) in [4.78, 5) is 11.2. The van der Waals surface area contributed by atoms with E-state index >= 15 is 0 Å². The number of hydrogen-bond acceptors (Lipinski definition) is 2. The molecular formula is C16H15BrFNO2. The first-order chi connectivity index (χ1) is 9.95. The normalized spacial score (nSPS) is 12.0. The predicted octanol–water partition coefficient (Wildman–Crippen LogP) is 4.33. The number of anilines is 1. The fourth-order valence-corrected chi connectivity index (χ4v) is 2.47. The van der Waals surface area contributed by atoms with E-state index in [0.29, 0.717) is 12.1 Å². The molecule has 0 amide bonds. The van der Waals surface area contributed by atoms with E-state index in [2.05, 4.69) is 21.2 Å². The number of aromatic carboxylic acids is 1. The number of hydrogen-bond donors (Lipinski definition) is 2. The zero-order chi connectivity index (χ0) is 15.4. The van der Waals surface area contributed by atoms with E-state index in [9.17, 15) is 14.3 Å². The summed E-state index contributed by atoms with van der Waals surface area (Å²) in [5.41, 5.74) is 1.78. The standard InChI is InChI=1S/C16H15BrFNO2/c1-10(8-11-2-5-13(18)6-3-11)19-15-9-12(17)4-7-14(15)16(20)21/h2-7,9-10,19H,8H2,1H3,(H,20,21). The molecule has 0 heterocycles. The first-order valence-corrected chi connectivity index (χ1v) is 7.29. The van der Waals surface area contributed by atoms with Gasteiger partial charge in [-0.15, -0.1) is 0 Å². The topological polar surface area (TPSA) is 49.3 Å². The van der Waals surface area contributed by atoms with Crippen molar-refractivity contribution in [3.8, 4) is 0 Å². The number of nitrogens with one attached hydrogen (secondary N) is 1. The zero-order valence-corrected chi connectivity index (χ0v) is 13.0. The molecule has 0 saturated carbocycles. The van der Waals surface area contributed by atoms with Crippen LogP contribution in [0.5, 0.6) is 0 Å². The van der Waals surface area contributed by atoms with E-state index in [4.69, 9.17) is 0 Å². The number of carbonyl (C=O) groups is 1. The van der Waals surface area contributed by atoms with Crippen molar-refractivity contribution in [2.24, 2.45) is 0 Å². The Bertz CT molecular complexity index is 643. The lowest BCUT2D eigenvalue weighted by Gasteiger charge is -2.17. The summed E-state index contributed by atoms with van der Waals surface area (Å²) in [6.07, 6.45) is 0.672. The summed E-state index contributed by atoms with van der Waals surface area (Å²) in [5.74, 6) is -1.24. The fourth-order valence-electron chi connectivity index (χ4n) is 2.11. The van der Waals surface area contributed by atoms with E-state index in [0.717, 1.165) is 10.0 Å². The molecule has 0 radical (unpaired) electrons. The summed E-state index contributed by atoms with van der Waals surface area (Å²) in [7, 11) is 0. The fraction of sp³-hybridized carbons (Fsp3) is 0.188. The second-order valence-corrected chi connectivity index (χ2v) is 5.79. The van der Waals surface area contributed by atoms with Crippen LogP contribution in [-0.4, -0.2) is 17.1 Å². The average molecular weight is 352 g/mol. The second-order valence-electron chi connectivity index (χ2n) is 4.87. The average Bonchev–Trinajstić information content (AvgIpc) is 2.41. The maximum absolute atomic E-state index is 12.9. The van der Waals surface area contributed by atoms with Crippen LogP contribution in [0, 0.1) is 5.82 Å². The monoisotopic (exact) mass is 351 g/mol. The van der Waals surface area contributed by atoms with Gasteiger partial charge in [-0.05, 0) is 49.2 Å². The van der Waals surface area contributed by atoms with E-state index < -0.39 is 5.97 Å².